The number of nitriles is 1. The monoisotopic (exact) mass is 820 g/mol. The molecule has 0 radical (unpaired) electrons. The normalized spacial score (nSPS) is 24.2. The van der Waals surface area contributed by atoms with Crippen LogP contribution >= 0.6 is 11.6 Å². The summed E-state index contributed by atoms with van der Waals surface area (Å²) in [5.74, 6) is 1.20. The highest BCUT2D eigenvalue weighted by atomic mass is 35.5. The van der Waals surface area contributed by atoms with Gasteiger partial charge in [-0.25, -0.2) is 4.98 Å². The first kappa shape index (κ1) is 40.6. The average Bonchev–Trinajstić information content (AvgIpc) is 3.56. The second-order valence-electron chi connectivity index (χ2n) is 18.0. The first-order valence-corrected chi connectivity index (χ1v) is 21.2. The van der Waals surface area contributed by atoms with Gasteiger partial charge in [0.1, 0.15) is 29.8 Å². The van der Waals surface area contributed by atoms with Gasteiger partial charge in [0.2, 0.25) is 11.8 Å². The van der Waals surface area contributed by atoms with Gasteiger partial charge in [-0.15, -0.1) is 0 Å². The molecule has 59 heavy (non-hydrogen) atoms. The third-order valence-electron chi connectivity index (χ3n) is 13.5. The molecule has 1 atom stereocenters. The summed E-state index contributed by atoms with van der Waals surface area (Å²) in [5, 5.41) is 15.2. The Morgan fingerprint density at radius 1 is 0.949 bits per heavy atom. The summed E-state index contributed by atoms with van der Waals surface area (Å²) < 4.78 is 6.38. The fourth-order valence-corrected chi connectivity index (χ4v) is 10.5. The Kier molecular flexibility index (Phi) is 11.1. The summed E-state index contributed by atoms with van der Waals surface area (Å²) in [4.78, 5) is 64.2. The molecule has 1 saturated carbocycles. The van der Waals surface area contributed by atoms with Crippen LogP contribution in [0.3, 0.4) is 0 Å². The third kappa shape index (κ3) is 7.97. The van der Waals surface area contributed by atoms with Crippen molar-refractivity contribution in [2.75, 3.05) is 55.6 Å². The Bertz CT molecular complexity index is 2150. The highest BCUT2D eigenvalue weighted by Crippen LogP contribution is 2.55. The summed E-state index contributed by atoms with van der Waals surface area (Å²) in [6.07, 6.45) is 5.50. The average molecular weight is 821 g/mol. The van der Waals surface area contributed by atoms with E-state index >= 15 is 0 Å². The van der Waals surface area contributed by atoms with Crippen molar-refractivity contribution in [3.63, 3.8) is 0 Å². The number of rotatable bonds is 10. The number of pyridine rings is 1. The molecular formula is C45H53ClN8O5. The van der Waals surface area contributed by atoms with Crippen LogP contribution in [-0.4, -0.2) is 102 Å². The number of hydrogen-bond donors (Lipinski definition) is 2. The van der Waals surface area contributed by atoms with Crippen LogP contribution in [-0.2, 0) is 16.1 Å². The van der Waals surface area contributed by atoms with Crippen molar-refractivity contribution >= 4 is 46.7 Å². The summed E-state index contributed by atoms with van der Waals surface area (Å²) >= 11 is 6.25. The summed E-state index contributed by atoms with van der Waals surface area (Å²) in [6, 6.07) is 16.3. The third-order valence-corrected chi connectivity index (χ3v) is 13.8. The number of halogens is 1. The predicted molar refractivity (Wildman–Crippen MR) is 224 cm³/mol. The molecule has 13 nitrogen and oxygen atoms in total. The molecule has 3 aromatic rings. The number of amides is 4. The van der Waals surface area contributed by atoms with Gasteiger partial charge in [-0.2, -0.15) is 5.26 Å². The standard InChI is InChI=1S/C45H53ClN8O5/c1-44(2)42(45(3,4)43(44)59-33-8-5-29(25-47)35(46)24-33)50-39(56)30-6-11-37(48-26-30)53-17-14-28(15-18-53)13-16-51-19-21-52(22-20-51)32-7-9-34-31(23-32)27-54(41(34)58)36-10-12-38(55)49-40(36)57/h5-9,11,23-24,26,28,36,42-43H,10,12-22,27H2,1-4H3,(H,50,56)(H,49,55,57). The van der Waals surface area contributed by atoms with E-state index in [0.717, 1.165) is 75.7 Å². The highest BCUT2D eigenvalue weighted by molar-refractivity contribution is 6.31. The van der Waals surface area contributed by atoms with Crippen LogP contribution in [0.5, 0.6) is 5.75 Å². The zero-order valence-corrected chi connectivity index (χ0v) is 35.1. The van der Waals surface area contributed by atoms with E-state index in [9.17, 15) is 24.4 Å². The molecule has 310 valence electrons. The van der Waals surface area contributed by atoms with Crippen LogP contribution in [0.25, 0.3) is 0 Å². The minimum Gasteiger partial charge on any atom is -0.489 e. The molecule has 0 bridgehead atoms. The summed E-state index contributed by atoms with van der Waals surface area (Å²) in [5.41, 5.74) is 2.91. The number of benzene rings is 2. The number of ether oxygens (including phenoxy) is 1. The van der Waals surface area contributed by atoms with E-state index in [2.05, 4.69) is 65.2 Å². The van der Waals surface area contributed by atoms with Crippen LogP contribution in [0, 0.1) is 28.1 Å². The fourth-order valence-electron chi connectivity index (χ4n) is 10.3. The Balaban J connectivity index is 0.762. The lowest BCUT2D eigenvalue weighted by Crippen LogP contribution is -2.74. The Hall–Kier alpha value is -5.19. The summed E-state index contributed by atoms with van der Waals surface area (Å²) in [6.45, 7) is 15.5. The minimum atomic E-state index is -0.602. The number of nitrogens with one attached hydrogen (secondary N) is 2. The molecule has 1 aromatic heterocycles. The number of hydrogen-bond acceptors (Lipinski definition) is 10. The zero-order valence-electron chi connectivity index (χ0n) is 34.3. The van der Waals surface area contributed by atoms with E-state index in [0.29, 0.717) is 46.3 Å². The molecule has 14 heteroatoms. The van der Waals surface area contributed by atoms with E-state index < -0.39 is 6.04 Å². The van der Waals surface area contributed by atoms with Gasteiger partial charge in [0.25, 0.3) is 11.8 Å². The number of anilines is 2. The molecule has 8 rings (SSSR count). The van der Waals surface area contributed by atoms with Crippen LogP contribution in [0.15, 0.2) is 54.7 Å². The van der Waals surface area contributed by atoms with Crippen LogP contribution in [0.1, 0.15) is 91.6 Å². The van der Waals surface area contributed by atoms with Crippen molar-refractivity contribution in [3.05, 3.63) is 82.0 Å². The van der Waals surface area contributed by atoms with Gasteiger partial charge in [0.05, 0.1) is 16.1 Å². The van der Waals surface area contributed by atoms with E-state index in [1.165, 1.54) is 6.42 Å². The fraction of sp³-hybridized carbons (Fsp3) is 0.511. The molecule has 2 N–H and O–H groups in total. The molecule has 1 aliphatic carbocycles. The first-order valence-electron chi connectivity index (χ1n) is 20.9. The molecule has 4 fully saturated rings. The molecule has 4 aliphatic heterocycles. The second kappa shape index (κ2) is 16.1. The van der Waals surface area contributed by atoms with E-state index in [-0.39, 0.29) is 53.0 Å². The minimum absolute atomic E-state index is 0.136. The lowest BCUT2D eigenvalue weighted by atomic mass is 9.49. The van der Waals surface area contributed by atoms with Crippen molar-refractivity contribution in [3.8, 4) is 11.8 Å². The van der Waals surface area contributed by atoms with Crippen LogP contribution < -0.4 is 25.2 Å². The lowest BCUT2D eigenvalue weighted by molar-refractivity contribution is -0.164. The number of carbonyl (C=O) groups is 4. The number of fused-ring (bicyclic) bond motifs is 1. The van der Waals surface area contributed by atoms with Gasteiger partial charge in [0.15, 0.2) is 0 Å². The van der Waals surface area contributed by atoms with Crippen LogP contribution in [0.2, 0.25) is 5.02 Å². The van der Waals surface area contributed by atoms with E-state index in [1.807, 2.05) is 24.3 Å². The number of piperazine rings is 1. The Labute approximate surface area is 351 Å². The van der Waals surface area contributed by atoms with Crippen molar-refractivity contribution in [2.24, 2.45) is 16.7 Å². The topological polar surface area (TPSA) is 151 Å². The van der Waals surface area contributed by atoms with Gasteiger partial charge < -0.3 is 24.8 Å². The maximum Gasteiger partial charge on any atom is 0.255 e. The van der Waals surface area contributed by atoms with Crippen molar-refractivity contribution in [1.82, 2.24) is 25.4 Å². The zero-order chi connectivity index (χ0) is 41.6. The molecule has 1 unspecified atom stereocenters. The highest BCUT2D eigenvalue weighted by Gasteiger charge is 2.64. The molecule has 3 saturated heterocycles. The van der Waals surface area contributed by atoms with Crippen LogP contribution in [0.4, 0.5) is 11.5 Å². The smallest absolute Gasteiger partial charge is 0.255 e. The summed E-state index contributed by atoms with van der Waals surface area (Å²) in [7, 11) is 0. The number of carbonyl (C=O) groups excluding carboxylic acids is 4. The largest absolute Gasteiger partial charge is 0.489 e. The molecule has 4 amide bonds. The maximum absolute atomic E-state index is 13.5. The number of piperidine rings is 2. The quantitative estimate of drug-likeness (QED) is 0.254. The second-order valence-corrected chi connectivity index (χ2v) is 18.4. The van der Waals surface area contributed by atoms with Gasteiger partial charge in [0, 0.05) is 92.6 Å². The van der Waals surface area contributed by atoms with Crippen molar-refractivity contribution in [2.45, 2.75) is 84.5 Å². The Morgan fingerprint density at radius 3 is 2.36 bits per heavy atom. The maximum atomic E-state index is 13.5. The number of imide groups is 1. The number of aromatic nitrogens is 1. The van der Waals surface area contributed by atoms with Gasteiger partial charge in [-0.05, 0) is 86.2 Å². The van der Waals surface area contributed by atoms with E-state index in [1.54, 1.807) is 29.3 Å². The molecule has 5 aliphatic rings. The van der Waals surface area contributed by atoms with Gasteiger partial charge in [-0.3, -0.25) is 29.4 Å². The Morgan fingerprint density at radius 2 is 1.69 bits per heavy atom. The first-order chi connectivity index (χ1) is 28.2. The lowest BCUT2D eigenvalue weighted by Gasteiger charge is -2.63. The predicted octanol–water partition coefficient (Wildman–Crippen LogP) is 5.41. The number of nitrogens with zero attached hydrogens (tertiary/aromatic N) is 6. The molecular weight excluding hydrogens is 768 g/mol. The van der Waals surface area contributed by atoms with Crippen molar-refractivity contribution < 1.29 is 23.9 Å². The van der Waals surface area contributed by atoms with Crippen molar-refractivity contribution in [1.29, 1.82) is 5.26 Å². The SMILES string of the molecule is CC1(C)C(NC(=O)c2ccc(N3CCC(CCN4CCN(c5ccc6c(c5)CN(C5CCC(=O)NC5=O)C6=O)CC4)CC3)nc2)C(C)(C)C1Oc1ccc(C#N)c(Cl)c1. The van der Waals surface area contributed by atoms with Gasteiger partial charge >= 0.3 is 0 Å². The van der Waals surface area contributed by atoms with E-state index in [4.69, 9.17) is 21.3 Å². The molecule has 5 heterocycles. The molecule has 0 spiro atoms. The molecule has 2 aromatic carbocycles. The van der Waals surface area contributed by atoms with Gasteiger partial charge in [-0.1, -0.05) is 39.3 Å².